The number of halogens is 2. The molecule has 3 nitrogen and oxygen atoms in total. The summed E-state index contributed by atoms with van der Waals surface area (Å²) in [6.07, 6.45) is 1.85. The average Bonchev–Trinajstić information content (AvgIpc) is 2.41. The fraction of sp³-hybridized carbons (Fsp3) is 0. The molecule has 1 N–H and O–H groups in total. The van der Waals surface area contributed by atoms with Crippen molar-refractivity contribution in [3.05, 3.63) is 31.4 Å². The number of carbonyl (C=O) groups excluding carboxylic acids is 1. The average molecular weight is 340 g/mol. The quantitative estimate of drug-likeness (QED) is 0.680. The van der Waals surface area contributed by atoms with Crippen molar-refractivity contribution in [1.29, 1.82) is 0 Å². The fourth-order valence-corrected chi connectivity index (χ4v) is 3.56. The lowest BCUT2D eigenvalue weighted by atomic mass is 10.2. The minimum Gasteiger partial charge on any atom is -0.478 e. The predicted molar refractivity (Wildman–Crippen MR) is 60.8 cm³/mol. The Labute approximate surface area is 101 Å². The smallest absolute Gasteiger partial charge is 0.328 e. The van der Waals surface area contributed by atoms with Crippen LogP contribution in [0, 0.1) is 0 Å². The lowest BCUT2D eigenvalue weighted by molar-refractivity contribution is -0.131. The van der Waals surface area contributed by atoms with Gasteiger partial charge >= 0.3 is 5.97 Å². The standard InChI is InChI=1S/C8H4Br2O3S/c9-6-3-4(8(10)14-6)5(11)1-2-7(12)13/h1-3H,(H,12,13)/b2-1+. The number of aliphatic carboxylic acids is 1. The summed E-state index contributed by atoms with van der Waals surface area (Å²) in [6.45, 7) is 0. The summed E-state index contributed by atoms with van der Waals surface area (Å²) < 4.78 is 1.50. The summed E-state index contributed by atoms with van der Waals surface area (Å²) in [6, 6.07) is 1.64. The van der Waals surface area contributed by atoms with Crippen LogP contribution in [0.1, 0.15) is 10.4 Å². The second kappa shape index (κ2) is 4.86. The van der Waals surface area contributed by atoms with Crippen LogP contribution in [0.2, 0.25) is 0 Å². The molecule has 0 spiro atoms. The van der Waals surface area contributed by atoms with Crippen LogP contribution in [0.15, 0.2) is 25.8 Å². The maximum atomic E-state index is 11.4. The highest BCUT2D eigenvalue weighted by atomic mass is 79.9. The van der Waals surface area contributed by atoms with Crippen molar-refractivity contribution >= 4 is 54.9 Å². The molecule has 74 valence electrons. The summed E-state index contributed by atoms with van der Waals surface area (Å²) in [5, 5.41) is 8.33. The zero-order valence-electron chi connectivity index (χ0n) is 6.66. The third kappa shape index (κ3) is 3.04. The van der Waals surface area contributed by atoms with Gasteiger partial charge < -0.3 is 5.11 Å². The summed E-state index contributed by atoms with van der Waals surface area (Å²) in [4.78, 5) is 21.6. The monoisotopic (exact) mass is 338 g/mol. The number of rotatable bonds is 3. The number of carboxylic acids is 1. The molecule has 1 rings (SSSR count). The second-order valence-corrected chi connectivity index (χ2v) is 6.02. The first-order valence-electron chi connectivity index (χ1n) is 3.41. The second-order valence-electron chi connectivity index (χ2n) is 2.27. The summed E-state index contributed by atoms with van der Waals surface area (Å²) in [7, 11) is 0. The van der Waals surface area contributed by atoms with Gasteiger partial charge in [-0.25, -0.2) is 4.79 Å². The van der Waals surface area contributed by atoms with Crippen molar-refractivity contribution in [3.63, 3.8) is 0 Å². The van der Waals surface area contributed by atoms with E-state index < -0.39 is 5.97 Å². The van der Waals surface area contributed by atoms with Crippen LogP contribution in [0.5, 0.6) is 0 Å². The molecule has 0 saturated carbocycles. The maximum absolute atomic E-state index is 11.4. The van der Waals surface area contributed by atoms with Crippen LogP contribution in [-0.2, 0) is 4.79 Å². The van der Waals surface area contributed by atoms with Gasteiger partial charge in [0, 0.05) is 11.6 Å². The van der Waals surface area contributed by atoms with Gasteiger partial charge in [0.2, 0.25) is 0 Å². The van der Waals surface area contributed by atoms with Crippen molar-refractivity contribution < 1.29 is 14.7 Å². The summed E-state index contributed by atoms with van der Waals surface area (Å²) in [5.74, 6) is -1.47. The number of hydrogen-bond acceptors (Lipinski definition) is 3. The van der Waals surface area contributed by atoms with Crippen molar-refractivity contribution in [3.8, 4) is 0 Å². The molecule has 0 atom stereocenters. The van der Waals surface area contributed by atoms with E-state index >= 15 is 0 Å². The van der Waals surface area contributed by atoms with Gasteiger partial charge in [0.05, 0.1) is 7.57 Å². The topological polar surface area (TPSA) is 54.4 Å². The van der Waals surface area contributed by atoms with Crippen LogP contribution in [0.4, 0.5) is 0 Å². The normalized spacial score (nSPS) is 10.7. The van der Waals surface area contributed by atoms with Gasteiger partial charge in [-0.15, -0.1) is 11.3 Å². The number of allylic oxidation sites excluding steroid dienone is 1. The molecule has 0 fully saturated rings. The van der Waals surface area contributed by atoms with Crippen LogP contribution in [0.25, 0.3) is 0 Å². The van der Waals surface area contributed by atoms with Crippen molar-refractivity contribution in [2.75, 3.05) is 0 Å². The first-order chi connectivity index (χ1) is 6.50. The molecular weight excluding hydrogens is 336 g/mol. The Morgan fingerprint density at radius 2 is 2.00 bits per heavy atom. The molecule has 14 heavy (non-hydrogen) atoms. The zero-order valence-corrected chi connectivity index (χ0v) is 10.6. The highest BCUT2D eigenvalue weighted by Gasteiger charge is 2.10. The van der Waals surface area contributed by atoms with Crippen LogP contribution in [-0.4, -0.2) is 16.9 Å². The van der Waals surface area contributed by atoms with Gasteiger partial charge in [0.1, 0.15) is 0 Å². The van der Waals surface area contributed by atoms with E-state index in [4.69, 9.17) is 5.11 Å². The molecule has 1 aromatic rings. The molecule has 1 aromatic heterocycles. The third-order valence-electron chi connectivity index (χ3n) is 1.30. The molecule has 0 unspecified atom stereocenters. The molecular formula is C8H4Br2O3S. The molecule has 0 aliphatic carbocycles. The van der Waals surface area contributed by atoms with E-state index in [0.717, 1.165) is 15.9 Å². The van der Waals surface area contributed by atoms with Gasteiger partial charge in [-0.05, 0) is 44.0 Å². The van der Waals surface area contributed by atoms with Crippen molar-refractivity contribution in [1.82, 2.24) is 0 Å². The highest BCUT2D eigenvalue weighted by molar-refractivity contribution is 9.12. The minimum absolute atomic E-state index is 0.332. The Morgan fingerprint density at radius 1 is 1.36 bits per heavy atom. The summed E-state index contributed by atoms with van der Waals surface area (Å²) >= 11 is 7.80. The molecule has 0 radical (unpaired) electrons. The third-order valence-corrected chi connectivity index (χ3v) is 3.64. The zero-order chi connectivity index (χ0) is 10.7. The summed E-state index contributed by atoms with van der Waals surface area (Å²) in [5.41, 5.74) is 0.458. The Hall–Kier alpha value is -0.460. The van der Waals surface area contributed by atoms with Crippen LogP contribution >= 0.6 is 43.2 Å². The van der Waals surface area contributed by atoms with E-state index in [1.807, 2.05) is 0 Å². The number of ketones is 1. The largest absolute Gasteiger partial charge is 0.478 e. The first-order valence-corrected chi connectivity index (χ1v) is 5.81. The molecule has 6 heteroatoms. The number of thiophene rings is 1. The molecule has 0 amide bonds. The van der Waals surface area contributed by atoms with Crippen LogP contribution in [0.3, 0.4) is 0 Å². The first kappa shape index (κ1) is 11.6. The minimum atomic E-state index is -1.14. The van der Waals surface area contributed by atoms with E-state index in [2.05, 4.69) is 31.9 Å². The number of hydrogen-bond donors (Lipinski definition) is 1. The Bertz CT molecular complexity index is 409. The van der Waals surface area contributed by atoms with E-state index in [-0.39, 0.29) is 5.78 Å². The van der Waals surface area contributed by atoms with Crippen molar-refractivity contribution in [2.24, 2.45) is 0 Å². The SMILES string of the molecule is O=C(O)/C=C/C(=O)c1cc(Br)sc1Br. The Kier molecular flexibility index (Phi) is 4.03. The van der Waals surface area contributed by atoms with Gasteiger partial charge in [-0.2, -0.15) is 0 Å². The number of carboxylic acid groups (broad SMARTS) is 1. The van der Waals surface area contributed by atoms with E-state index in [9.17, 15) is 9.59 Å². The van der Waals surface area contributed by atoms with Gasteiger partial charge in [-0.3, -0.25) is 4.79 Å². The van der Waals surface area contributed by atoms with Crippen LogP contribution < -0.4 is 0 Å². The van der Waals surface area contributed by atoms with E-state index in [0.29, 0.717) is 9.35 Å². The Morgan fingerprint density at radius 3 is 2.43 bits per heavy atom. The fourth-order valence-electron chi connectivity index (χ4n) is 0.745. The lowest BCUT2D eigenvalue weighted by Gasteiger charge is -1.89. The molecule has 0 aliphatic rings. The molecule has 0 aliphatic heterocycles. The highest BCUT2D eigenvalue weighted by Crippen LogP contribution is 2.32. The molecule has 0 aromatic carbocycles. The van der Waals surface area contributed by atoms with E-state index in [1.54, 1.807) is 6.07 Å². The maximum Gasteiger partial charge on any atom is 0.328 e. The molecule has 1 heterocycles. The Balaban J connectivity index is 2.90. The van der Waals surface area contributed by atoms with Gasteiger partial charge in [-0.1, -0.05) is 0 Å². The molecule has 0 bridgehead atoms. The van der Waals surface area contributed by atoms with Crippen molar-refractivity contribution in [2.45, 2.75) is 0 Å². The lowest BCUT2D eigenvalue weighted by Crippen LogP contribution is -1.95. The molecule has 0 saturated heterocycles. The van der Waals surface area contributed by atoms with Gasteiger partial charge in [0.15, 0.2) is 5.78 Å². The predicted octanol–water partition coefficient (Wildman–Crippen LogP) is 3.10. The van der Waals surface area contributed by atoms with E-state index in [1.165, 1.54) is 11.3 Å². The number of carbonyl (C=O) groups is 2. The van der Waals surface area contributed by atoms with Gasteiger partial charge in [0.25, 0.3) is 0 Å².